The number of rotatable bonds is 6. The van der Waals surface area contributed by atoms with Gasteiger partial charge < -0.3 is 9.84 Å². The minimum absolute atomic E-state index is 0.0722. The zero-order chi connectivity index (χ0) is 13.0. The minimum Gasteiger partial charge on any atom is -0.396 e. The largest absolute Gasteiger partial charge is 0.396 e. The van der Waals surface area contributed by atoms with Crippen molar-refractivity contribution in [1.29, 1.82) is 0 Å². The van der Waals surface area contributed by atoms with Crippen LogP contribution in [0.25, 0.3) is 0 Å². The zero-order valence-electron chi connectivity index (χ0n) is 10.7. The second kappa shape index (κ2) is 6.02. The van der Waals surface area contributed by atoms with Gasteiger partial charge in [-0.25, -0.2) is 0 Å². The molecule has 2 rings (SSSR count). The number of halogens is 1. The number of benzene rings is 1. The predicted molar refractivity (Wildman–Crippen MR) is 72.7 cm³/mol. The summed E-state index contributed by atoms with van der Waals surface area (Å²) in [5.41, 5.74) is 1.06. The van der Waals surface area contributed by atoms with E-state index in [1.54, 1.807) is 0 Å². The van der Waals surface area contributed by atoms with Gasteiger partial charge in [-0.2, -0.15) is 0 Å². The fraction of sp³-hybridized carbons (Fsp3) is 0.571. The molecule has 0 amide bonds. The average molecular weight is 270 g/mol. The van der Waals surface area contributed by atoms with Gasteiger partial charge >= 0.3 is 0 Å². The van der Waals surface area contributed by atoms with Gasteiger partial charge in [-0.1, -0.05) is 36.7 Å². The summed E-state index contributed by atoms with van der Waals surface area (Å²) in [6.07, 6.45) is 0. The predicted octanol–water partition coefficient (Wildman–Crippen LogP) is 2.17. The molecule has 0 unspecified atom stereocenters. The van der Waals surface area contributed by atoms with E-state index in [-0.39, 0.29) is 12.0 Å². The summed E-state index contributed by atoms with van der Waals surface area (Å²) < 4.78 is 5.24. The van der Waals surface area contributed by atoms with E-state index in [4.69, 9.17) is 16.3 Å². The van der Waals surface area contributed by atoms with Crippen LogP contribution in [0, 0.1) is 5.41 Å². The summed E-state index contributed by atoms with van der Waals surface area (Å²) in [4.78, 5) is 2.31. The smallest absolute Gasteiger partial charge is 0.0579 e. The first-order valence-electron chi connectivity index (χ1n) is 6.33. The van der Waals surface area contributed by atoms with Crippen molar-refractivity contribution in [3.05, 3.63) is 34.9 Å². The van der Waals surface area contributed by atoms with Gasteiger partial charge in [0.15, 0.2) is 0 Å². The molecule has 1 fully saturated rings. The second-order valence-corrected chi connectivity index (χ2v) is 5.45. The van der Waals surface area contributed by atoms with Crippen molar-refractivity contribution in [2.45, 2.75) is 13.5 Å². The molecule has 1 saturated heterocycles. The van der Waals surface area contributed by atoms with Crippen LogP contribution >= 0.6 is 11.6 Å². The van der Waals surface area contributed by atoms with Crippen LogP contribution in [0.2, 0.25) is 5.02 Å². The quantitative estimate of drug-likeness (QED) is 0.859. The summed E-state index contributed by atoms with van der Waals surface area (Å²) in [6, 6.07) is 7.91. The Kier molecular flexibility index (Phi) is 4.62. The van der Waals surface area contributed by atoms with Gasteiger partial charge in [0.25, 0.3) is 0 Å². The molecular formula is C14H20ClNO2. The summed E-state index contributed by atoms with van der Waals surface area (Å²) in [6.45, 7) is 6.23. The normalized spacial score (nSPS) is 17.8. The van der Waals surface area contributed by atoms with Crippen LogP contribution in [0.1, 0.15) is 12.5 Å². The Hall–Kier alpha value is -0.610. The van der Waals surface area contributed by atoms with Gasteiger partial charge in [0.1, 0.15) is 0 Å². The van der Waals surface area contributed by atoms with Crippen LogP contribution in [0.4, 0.5) is 0 Å². The van der Waals surface area contributed by atoms with E-state index in [9.17, 15) is 5.11 Å². The summed E-state index contributed by atoms with van der Waals surface area (Å²) in [7, 11) is 0. The van der Waals surface area contributed by atoms with Crippen molar-refractivity contribution in [1.82, 2.24) is 4.90 Å². The third kappa shape index (κ3) is 3.04. The third-order valence-electron chi connectivity index (χ3n) is 3.51. The molecule has 1 aromatic carbocycles. The first-order valence-corrected chi connectivity index (χ1v) is 6.71. The number of hydrogen-bond donors (Lipinski definition) is 1. The topological polar surface area (TPSA) is 32.7 Å². The Morgan fingerprint density at radius 1 is 1.39 bits per heavy atom. The SMILES string of the molecule is CCN(Cc1ccccc1Cl)CC1(CO)COC1. The highest BCUT2D eigenvalue weighted by molar-refractivity contribution is 6.31. The number of ether oxygens (including phenoxy) is 1. The Morgan fingerprint density at radius 3 is 2.61 bits per heavy atom. The highest BCUT2D eigenvalue weighted by Gasteiger charge is 2.39. The molecule has 0 atom stereocenters. The maximum atomic E-state index is 9.47. The van der Waals surface area contributed by atoms with Gasteiger partial charge in [0.05, 0.1) is 25.2 Å². The highest BCUT2D eigenvalue weighted by Crippen LogP contribution is 2.29. The van der Waals surface area contributed by atoms with Crippen molar-refractivity contribution < 1.29 is 9.84 Å². The maximum Gasteiger partial charge on any atom is 0.0579 e. The molecule has 1 aromatic rings. The molecule has 1 aliphatic rings. The third-order valence-corrected chi connectivity index (χ3v) is 3.88. The molecule has 0 bridgehead atoms. The number of aliphatic hydroxyl groups excluding tert-OH is 1. The monoisotopic (exact) mass is 269 g/mol. The standard InChI is InChI=1S/C14H20ClNO2/c1-2-16(8-14(9-17)10-18-11-14)7-12-5-3-4-6-13(12)15/h3-6,17H,2,7-11H2,1H3. The fourth-order valence-electron chi connectivity index (χ4n) is 2.24. The van der Waals surface area contributed by atoms with E-state index in [1.807, 2.05) is 24.3 Å². The molecule has 1 N–H and O–H groups in total. The van der Waals surface area contributed by atoms with E-state index in [1.165, 1.54) is 0 Å². The van der Waals surface area contributed by atoms with Crippen LogP contribution < -0.4 is 0 Å². The van der Waals surface area contributed by atoms with E-state index >= 15 is 0 Å². The lowest BCUT2D eigenvalue weighted by molar-refractivity contribution is -0.148. The molecule has 1 heterocycles. The molecule has 0 spiro atoms. The van der Waals surface area contributed by atoms with E-state index in [2.05, 4.69) is 11.8 Å². The summed E-state index contributed by atoms with van der Waals surface area (Å²) in [5.74, 6) is 0. The van der Waals surface area contributed by atoms with Crippen molar-refractivity contribution in [2.75, 3.05) is 32.9 Å². The average Bonchev–Trinajstić information content (AvgIpc) is 2.35. The molecule has 18 heavy (non-hydrogen) atoms. The van der Waals surface area contributed by atoms with Crippen LogP contribution in [0.5, 0.6) is 0 Å². The number of nitrogens with zero attached hydrogens (tertiary/aromatic N) is 1. The minimum atomic E-state index is -0.0722. The van der Waals surface area contributed by atoms with Crippen LogP contribution in [0.3, 0.4) is 0 Å². The lowest BCUT2D eigenvalue weighted by Gasteiger charge is -2.43. The second-order valence-electron chi connectivity index (χ2n) is 5.05. The number of aliphatic hydroxyl groups is 1. The highest BCUT2D eigenvalue weighted by atomic mass is 35.5. The molecule has 0 saturated carbocycles. The van der Waals surface area contributed by atoms with Crippen molar-refractivity contribution >= 4 is 11.6 Å². The van der Waals surface area contributed by atoms with Crippen molar-refractivity contribution in [3.8, 4) is 0 Å². The number of hydrogen-bond acceptors (Lipinski definition) is 3. The van der Waals surface area contributed by atoms with Gasteiger partial charge in [-0.05, 0) is 18.2 Å². The van der Waals surface area contributed by atoms with Crippen LogP contribution in [0.15, 0.2) is 24.3 Å². The Morgan fingerprint density at radius 2 is 2.11 bits per heavy atom. The van der Waals surface area contributed by atoms with E-state index in [0.717, 1.165) is 30.2 Å². The van der Waals surface area contributed by atoms with Gasteiger partial charge in [0.2, 0.25) is 0 Å². The van der Waals surface area contributed by atoms with E-state index in [0.29, 0.717) is 13.2 Å². The zero-order valence-corrected chi connectivity index (χ0v) is 11.5. The van der Waals surface area contributed by atoms with Gasteiger partial charge in [-0.15, -0.1) is 0 Å². The lowest BCUT2D eigenvalue weighted by atomic mass is 9.86. The molecule has 3 nitrogen and oxygen atoms in total. The molecule has 0 aromatic heterocycles. The molecule has 4 heteroatoms. The van der Waals surface area contributed by atoms with Gasteiger partial charge in [0, 0.05) is 18.1 Å². The maximum absolute atomic E-state index is 9.47. The lowest BCUT2D eigenvalue weighted by Crippen LogP contribution is -2.53. The molecular weight excluding hydrogens is 250 g/mol. The first kappa shape index (κ1) is 13.8. The fourth-order valence-corrected chi connectivity index (χ4v) is 2.44. The summed E-state index contributed by atoms with van der Waals surface area (Å²) in [5, 5.41) is 10.3. The molecule has 100 valence electrons. The first-order chi connectivity index (χ1) is 8.69. The van der Waals surface area contributed by atoms with Crippen molar-refractivity contribution in [2.24, 2.45) is 5.41 Å². The summed E-state index contributed by atoms with van der Waals surface area (Å²) >= 11 is 6.18. The Balaban J connectivity index is 1.99. The van der Waals surface area contributed by atoms with Crippen LogP contribution in [-0.2, 0) is 11.3 Å². The molecule has 1 aliphatic heterocycles. The molecule has 0 aliphatic carbocycles. The van der Waals surface area contributed by atoms with Gasteiger partial charge in [-0.3, -0.25) is 4.90 Å². The van der Waals surface area contributed by atoms with Crippen molar-refractivity contribution in [3.63, 3.8) is 0 Å². The Labute approximate surface area is 113 Å². The Bertz CT molecular complexity index is 388. The van der Waals surface area contributed by atoms with E-state index < -0.39 is 0 Å². The van der Waals surface area contributed by atoms with Crippen LogP contribution in [-0.4, -0.2) is 42.9 Å². The molecule has 0 radical (unpaired) electrons.